The largest absolute Gasteiger partial charge is 0.465 e. The van der Waals surface area contributed by atoms with Crippen LogP contribution in [0.3, 0.4) is 0 Å². The molecule has 94 valence electrons. The lowest BCUT2D eigenvalue weighted by molar-refractivity contribution is 0.154. The number of benzene rings is 1. The molecule has 3 rings (SSSR count). The van der Waals surface area contributed by atoms with E-state index < -0.39 is 6.09 Å². The summed E-state index contributed by atoms with van der Waals surface area (Å²) < 4.78 is 2.74. The number of fused-ring (bicyclic) bond motifs is 1. The molecule has 5 nitrogen and oxygen atoms in total. The summed E-state index contributed by atoms with van der Waals surface area (Å²) in [5, 5.41) is 14.5. The third kappa shape index (κ3) is 1.77. The molecule has 1 N–H and O–H groups in total. The van der Waals surface area contributed by atoms with Gasteiger partial charge in [0.1, 0.15) is 4.60 Å². The molecule has 1 fully saturated rings. The Morgan fingerprint density at radius 2 is 2.22 bits per heavy atom. The number of likely N-dealkylation sites (tertiary alicyclic amines) is 1. The predicted molar refractivity (Wildman–Crippen MR) is 70.7 cm³/mol. The maximum absolute atomic E-state index is 10.9. The first-order valence-electron chi connectivity index (χ1n) is 5.77. The van der Waals surface area contributed by atoms with Gasteiger partial charge in [-0.2, -0.15) is 5.10 Å². The van der Waals surface area contributed by atoms with E-state index in [0.717, 1.165) is 21.9 Å². The number of hydrogen-bond acceptors (Lipinski definition) is 2. The Morgan fingerprint density at radius 1 is 1.44 bits per heavy atom. The molecule has 0 aliphatic carbocycles. The molecule has 1 aliphatic heterocycles. The van der Waals surface area contributed by atoms with Crippen LogP contribution >= 0.6 is 15.9 Å². The zero-order chi connectivity index (χ0) is 12.7. The Morgan fingerprint density at radius 3 is 2.94 bits per heavy atom. The average molecular weight is 310 g/mol. The summed E-state index contributed by atoms with van der Waals surface area (Å²) in [7, 11) is 0. The number of aromatic nitrogens is 2. The molecule has 2 heterocycles. The minimum atomic E-state index is -0.854. The lowest BCUT2D eigenvalue weighted by Crippen LogP contribution is -2.27. The van der Waals surface area contributed by atoms with Gasteiger partial charge in [0.2, 0.25) is 0 Å². The Bertz CT molecular complexity index is 610. The van der Waals surface area contributed by atoms with E-state index in [2.05, 4.69) is 21.0 Å². The minimum absolute atomic E-state index is 0.122. The predicted octanol–water partition coefficient (Wildman–Crippen LogP) is 2.72. The lowest BCUT2D eigenvalue weighted by Gasteiger charge is -2.13. The van der Waals surface area contributed by atoms with Gasteiger partial charge in [-0.25, -0.2) is 4.79 Å². The van der Waals surface area contributed by atoms with Gasteiger partial charge in [-0.05, 0) is 28.4 Å². The van der Waals surface area contributed by atoms with Crippen LogP contribution in [-0.4, -0.2) is 39.0 Å². The first kappa shape index (κ1) is 11.5. The molecule has 18 heavy (non-hydrogen) atoms. The van der Waals surface area contributed by atoms with E-state index in [1.165, 1.54) is 4.90 Å². The minimum Gasteiger partial charge on any atom is -0.465 e. The van der Waals surface area contributed by atoms with Gasteiger partial charge in [-0.1, -0.05) is 18.2 Å². The number of rotatable bonds is 1. The second-order valence-corrected chi connectivity index (χ2v) is 5.17. The number of amides is 1. The standard InChI is InChI=1S/C12H12BrN3O2/c13-11-9-3-1-2-4-10(9)16(14-11)8-5-6-15(7-8)12(17)18/h1-4,8H,5-7H2,(H,17,18)/t8-/m0/s1. The molecule has 0 unspecified atom stereocenters. The maximum Gasteiger partial charge on any atom is 0.407 e. The molecule has 1 aromatic heterocycles. The molecule has 0 radical (unpaired) electrons. The Kier molecular flexibility index (Phi) is 2.74. The fraction of sp³-hybridized carbons (Fsp3) is 0.333. The van der Waals surface area contributed by atoms with E-state index in [-0.39, 0.29) is 6.04 Å². The molecule has 2 aromatic rings. The van der Waals surface area contributed by atoms with Gasteiger partial charge in [0.05, 0.1) is 11.6 Å². The first-order chi connectivity index (χ1) is 8.66. The van der Waals surface area contributed by atoms with Gasteiger partial charge in [-0.3, -0.25) is 4.68 Å². The number of nitrogens with zero attached hydrogens (tertiary/aromatic N) is 3. The zero-order valence-electron chi connectivity index (χ0n) is 9.58. The Balaban J connectivity index is 1.98. The van der Waals surface area contributed by atoms with Crippen LogP contribution in [0.5, 0.6) is 0 Å². The molecule has 1 amide bonds. The van der Waals surface area contributed by atoms with E-state index in [0.29, 0.717) is 13.1 Å². The Labute approximate surface area is 112 Å². The summed E-state index contributed by atoms with van der Waals surface area (Å²) in [5.74, 6) is 0. The molecule has 0 spiro atoms. The van der Waals surface area contributed by atoms with E-state index in [1.54, 1.807) is 0 Å². The monoisotopic (exact) mass is 309 g/mol. The van der Waals surface area contributed by atoms with Crippen molar-refractivity contribution < 1.29 is 9.90 Å². The van der Waals surface area contributed by atoms with Crippen molar-refractivity contribution in [3.63, 3.8) is 0 Å². The van der Waals surface area contributed by atoms with Gasteiger partial charge >= 0.3 is 6.09 Å². The van der Waals surface area contributed by atoms with Crippen molar-refractivity contribution in [3.05, 3.63) is 28.9 Å². The van der Waals surface area contributed by atoms with Crippen molar-refractivity contribution in [3.8, 4) is 0 Å². The van der Waals surface area contributed by atoms with Gasteiger partial charge in [-0.15, -0.1) is 0 Å². The summed E-state index contributed by atoms with van der Waals surface area (Å²) in [6, 6.07) is 8.08. The van der Waals surface area contributed by atoms with Crippen LogP contribution < -0.4 is 0 Å². The van der Waals surface area contributed by atoms with Crippen molar-refractivity contribution in [1.29, 1.82) is 0 Å². The summed E-state index contributed by atoms with van der Waals surface area (Å²) in [6.07, 6.45) is -0.0437. The van der Waals surface area contributed by atoms with Crippen molar-refractivity contribution in [1.82, 2.24) is 14.7 Å². The summed E-state index contributed by atoms with van der Waals surface area (Å²) in [4.78, 5) is 12.4. The topological polar surface area (TPSA) is 58.4 Å². The molecule has 0 bridgehead atoms. The number of para-hydroxylation sites is 1. The number of halogens is 1. The van der Waals surface area contributed by atoms with E-state index >= 15 is 0 Å². The maximum atomic E-state index is 10.9. The van der Waals surface area contributed by atoms with Crippen LogP contribution in [-0.2, 0) is 0 Å². The number of carboxylic acid groups (broad SMARTS) is 1. The van der Waals surface area contributed by atoms with Crippen LogP contribution in [0.1, 0.15) is 12.5 Å². The molecule has 6 heteroatoms. The van der Waals surface area contributed by atoms with Gasteiger partial charge in [0.15, 0.2) is 0 Å². The Hall–Kier alpha value is -1.56. The van der Waals surface area contributed by atoms with E-state index in [1.807, 2.05) is 28.9 Å². The normalized spacial score (nSPS) is 19.6. The summed E-state index contributed by atoms with van der Waals surface area (Å²) in [5.41, 5.74) is 1.04. The molecule has 1 aromatic carbocycles. The number of hydrogen-bond donors (Lipinski definition) is 1. The quantitative estimate of drug-likeness (QED) is 0.881. The van der Waals surface area contributed by atoms with Crippen molar-refractivity contribution in [2.75, 3.05) is 13.1 Å². The van der Waals surface area contributed by atoms with Crippen LogP contribution in [0.4, 0.5) is 4.79 Å². The molecule has 1 saturated heterocycles. The highest BCUT2D eigenvalue weighted by Crippen LogP contribution is 2.29. The third-order valence-electron chi connectivity index (χ3n) is 3.35. The highest BCUT2D eigenvalue weighted by atomic mass is 79.9. The summed E-state index contributed by atoms with van der Waals surface area (Å²) >= 11 is 3.45. The van der Waals surface area contributed by atoms with Crippen molar-refractivity contribution in [2.45, 2.75) is 12.5 Å². The number of carbonyl (C=O) groups is 1. The molecule has 0 saturated carbocycles. The second kappa shape index (κ2) is 4.28. The van der Waals surface area contributed by atoms with Crippen LogP contribution in [0.15, 0.2) is 28.9 Å². The zero-order valence-corrected chi connectivity index (χ0v) is 11.2. The molecular formula is C12H12BrN3O2. The van der Waals surface area contributed by atoms with Crippen LogP contribution in [0.25, 0.3) is 10.9 Å². The van der Waals surface area contributed by atoms with Gasteiger partial charge in [0, 0.05) is 18.5 Å². The smallest absolute Gasteiger partial charge is 0.407 e. The van der Waals surface area contributed by atoms with Gasteiger partial charge < -0.3 is 10.0 Å². The molecule has 1 atom stereocenters. The van der Waals surface area contributed by atoms with Crippen molar-refractivity contribution in [2.24, 2.45) is 0 Å². The van der Waals surface area contributed by atoms with Crippen LogP contribution in [0, 0.1) is 0 Å². The molecule has 1 aliphatic rings. The SMILES string of the molecule is O=C(O)N1CC[C@H](n2nc(Br)c3ccccc32)C1. The summed E-state index contributed by atoms with van der Waals surface area (Å²) in [6.45, 7) is 1.08. The average Bonchev–Trinajstić information content (AvgIpc) is 2.95. The highest BCUT2D eigenvalue weighted by molar-refractivity contribution is 9.10. The van der Waals surface area contributed by atoms with Crippen LogP contribution in [0.2, 0.25) is 0 Å². The van der Waals surface area contributed by atoms with E-state index in [4.69, 9.17) is 5.11 Å². The fourth-order valence-electron chi connectivity index (χ4n) is 2.44. The second-order valence-electron chi connectivity index (χ2n) is 4.42. The van der Waals surface area contributed by atoms with Crippen molar-refractivity contribution >= 4 is 32.9 Å². The highest BCUT2D eigenvalue weighted by Gasteiger charge is 2.28. The van der Waals surface area contributed by atoms with E-state index in [9.17, 15) is 4.79 Å². The molecular weight excluding hydrogens is 298 g/mol. The fourth-order valence-corrected chi connectivity index (χ4v) is 2.95. The lowest BCUT2D eigenvalue weighted by atomic mass is 10.2. The third-order valence-corrected chi connectivity index (χ3v) is 3.93. The van der Waals surface area contributed by atoms with Gasteiger partial charge in [0.25, 0.3) is 0 Å². The first-order valence-corrected chi connectivity index (χ1v) is 6.57.